The fraction of sp³-hybridized carbons (Fsp3) is 0.314. The number of benzene rings is 3. The molecule has 2 aliphatic carbocycles. The van der Waals surface area contributed by atoms with Crippen LogP contribution in [0.1, 0.15) is 89.6 Å². The summed E-state index contributed by atoms with van der Waals surface area (Å²) in [5.74, 6) is -0.165. The highest BCUT2D eigenvalue weighted by Gasteiger charge is 2.29. The molecule has 3 aromatic carbocycles. The van der Waals surface area contributed by atoms with Crippen LogP contribution in [0, 0.1) is 5.82 Å². The molecular formula is C35H37F. The average Bonchev–Trinajstić information content (AvgIpc) is 3.41. The first-order chi connectivity index (χ1) is 16.9. The highest BCUT2D eigenvalue weighted by molar-refractivity contribution is 6.01. The van der Waals surface area contributed by atoms with Crippen LogP contribution in [-0.4, -0.2) is 0 Å². The van der Waals surface area contributed by atoms with Crippen LogP contribution in [0.3, 0.4) is 0 Å². The molecule has 0 unspecified atom stereocenters. The number of allylic oxidation sites excluding steroid dienone is 4. The van der Waals surface area contributed by atoms with E-state index in [1.807, 2.05) is 12.1 Å². The zero-order valence-corrected chi connectivity index (χ0v) is 22.9. The summed E-state index contributed by atoms with van der Waals surface area (Å²) >= 11 is 0. The third-order valence-electron chi connectivity index (χ3n) is 7.56. The lowest BCUT2D eigenvalue weighted by Crippen LogP contribution is -2.31. The second-order valence-corrected chi connectivity index (χ2v) is 12.6. The maximum atomic E-state index is 15.0. The summed E-state index contributed by atoms with van der Waals surface area (Å²) in [5, 5.41) is 2.59. The molecule has 0 saturated carbocycles. The lowest BCUT2D eigenvalue weighted by molar-refractivity contribution is 0.583. The Labute approximate surface area is 215 Å². The van der Waals surface area contributed by atoms with Gasteiger partial charge in [-0.3, -0.25) is 0 Å². The van der Waals surface area contributed by atoms with Gasteiger partial charge in [-0.2, -0.15) is 0 Å². The van der Waals surface area contributed by atoms with Gasteiger partial charge in [0, 0.05) is 5.56 Å². The molecule has 0 amide bonds. The normalized spacial score (nSPS) is 14.7. The van der Waals surface area contributed by atoms with Crippen LogP contribution >= 0.6 is 0 Å². The third-order valence-corrected chi connectivity index (χ3v) is 7.56. The van der Waals surface area contributed by atoms with Crippen molar-refractivity contribution >= 4 is 22.8 Å². The lowest BCUT2D eigenvalue weighted by atomic mass is 9.76. The molecule has 36 heavy (non-hydrogen) atoms. The molecule has 1 heteroatoms. The zero-order chi connectivity index (χ0) is 26.0. The number of rotatable bonds is 2. The van der Waals surface area contributed by atoms with E-state index in [2.05, 4.69) is 97.9 Å². The van der Waals surface area contributed by atoms with E-state index in [9.17, 15) is 0 Å². The lowest BCUT2D eigenvalue weighted by Gasteiger charge is -2.27. The molecule has 0 atom stereocenters. The van der Waals surface area contributed by atoms with Gasteiger partial charge in [-0.25, -0.2) is 4.39 Å². The van der Waals surface area contributed by atoms with Gasteiger partial charge in [0.15, 0.2) is 0 Å². The molecule has 0 spiro atoms. The molecule has 0 radical (unpaired) electrons. The van der Waals surface area contributed by atoms with Crippen molar-refractivity contribution < 1.29 is 4.39 Å². The maximum absolute atomic E-state index is 15.0. The Morgan fingerprint density at radius 3 is 2.17 bits per heavy atom. The summed E-state index contributed by atoms with van der Waals surface area (Å²) in [6.45, 7) is 18.1. The van der Waals surface area contributed by atoms with Crippen molar-refractivity contribution in [2.45, 2.75) is 72.6 Å². The molecule has 0 fully saturated rings. The summed E-state index contributed by atoms with van der Waals surface area (Å²) in [7, 11) is 0. The molecule has 0 nitrogen and oxygen atoms in total. The van der Waals surface area contributed by atoms with Crippen LogP contribution in [0.15, 0.2) is 60.7 Å². The minimum atomic E-state index is -0.165. The standard InChI is InChI=1S/C35H37F/c1-21(2)28-20-29-24-17-16-23(34(3,4)5)18-22(24)19-30(29)32(33(28)35(6,7)8)27-14-11-13-25(27)26-12-9-10-15-31(26)36/h9-13,15-20H,14H2,1-8H3. The first-order valence-corrected chi connectivity index (χ1v) is 13.0. The Morgan fingerprint density at radius 1 is 0.806 bits per heavy atom. The van der Waals surface area contributed by atoms with E-state index < -0.39 is 0 Å². The van der Waals surface area contributed by atoms with Crippen molar-refractivity contribution in [1.29, 1.82) is 0 Å². The molecule has 0 heterocycles. The molecule has 0 bridgehead atoms. The zero-order valence-electron chi connectivity index (χ0n) is 22.9. The molecule has 2 aliphatic rings. The van der Waals surface area contributed by atoms with Crippen LogP contribution in [0.4, 0.5) is 4.39 Å². The number of fused-ring (bicyclic) bond motifs is 3. The molecule has 0 aliphatic heterocycles. The van der Waals surface area contributed by atoms with Gasteiger partial charge in [0.2, 0.25) is 0 Å². The van der Waals surface area contributed by atoms with Gasteiger partial charge >= 0.3 is 0 Å². The second-order valence-electron chi connectivity index (χ2n) is 12.6. The van der Waals surface area contributed by atoms with Gasteiger partial charge in [0.05, 0.1) is 0 Å². The highest BCUT2D eigenvalue weighted by Crippen LogP contribution is 2.41. The van der Waals surface area contributed by atoms with E-state index >= 15 is 4.39 Å². The van der Waals surface area contributed by atoms with Crippen molar-refractivity contribution in [1.82, 2.24) is 0 Å². The van der Waals surface area contributed by atoms with E-state index in [1.54, 1.807) is 12.1 Å². The van der Waals surface area contributed by atoms with E-state index in [0.29, 0.717) is 5.56 Å². The Kier molecular flexibility index (Phi) is 5.75. The van der Waals surface area contributed by atoms with Gasteiger partial charge in [-0.15, -0.1) is 0 Å². The predicted molar refractivity (Wildman–Crippen MR) is 154 cm³/mol. The fourth-order valence-corrected chi connectivity index (χ4v) is 5.78. The molecular weight excluding hydrogens is 439 g/mol. The molecule has 5 rings (SSSR count). The Hall–Kier alpha value is -3.19. The Bertz CT molecular complexity index is 1570. The number of hydrogen-bond acceptors (Lipinski definition) is 0. The van der Waals surface area contributed by atoms with Crippen molar-refractivity contribution in [3.05, 3.63) is 105 Å². The van der Waals surface area contributed by atoms with Gasteiger partial charge in [-0.05, 0) is 104 Å². The van der Waals surface area contributed by atoms with Gasteiger partial charge < -0.3 is 0 Å². The molecule has 0 aromatic heterocycles. The third kappa shape index (κ3) is 3.99. The molecule has 184 valence electrons. The minimum Gasteiger partial charge on any atom is -0.206 e. The number of hydrogen-bond donors (Lipinski definition) is 0. The van der Waals surface area contributed by atoms with Crippen LogP contribution in [0.5, 0.6) is 0 Å². The first-order valence-electron chi connectivity index (χ1n) is 13.0. The summed E-state index contributed by atoms with van der Waals surface area (Å²) < 4.78 is 15.0. The van der Waals surface area contributed by atoms with E-state index in [-0.39, 0.29) is 16.6 Å². The van der Waals surface area contributed by atoms with Crippen LogP contribution in [0.25, 0.3) is 33.9 Å². The highest BCUT2D eigenvalue weighted by atomic mass is 19.1. The van der Waals surface area contributed by atoms with Gasteiger partial charge in [0.25, 0.3) is 0 Å². The van der Waals surface area contributed by atoms with Gasteiger partial charge in [-0.1, -0.05) is 95.7 Å². The minimum absolute atomic E-state index is 0.0773. The second kappa shape index (κ2) is 8.44. The van der Waals surface area contributed by atoms with Crippen molar-refractivity contribution in [2.24, 2.45) is 0 Å². The summed E-state index contributed by atoms with van der Waals surface area (Å²) in [6.07, 6.45) is 7.48. The first kappa shape index (κ1) is 24.5. The largest absolute Gasteiger partial charge is 0.206 e. The smallest absolute Gasteiger partial charge is 0.131 e. The van der Waals surface area contributed by atoms with Crippen molar-refractivity contribution in [2.75, 3.05) is 0 Å². The summed E-state index contributed by atoms with van der Waals surface area (Å²) in [5.41, 5.74) is 12.1. The summed E-state index contributed by atoms with van der Waals surface area (Å²) in [4.78, 5) is 0. The maximum Gasteiger partial charge on any atom is 0.131 e. The average molecular weight is 477 g/mol. The van der Waals surface area contributed by atoms with E-state index in [0.717, 1.165) is 12.0 Å². The summed E-state index contributed by atoms with van der Waals surface area (Å²) in [6, 6.07) is 16.5. The SMILES string of the molecule is CC(C)=c1cc2c(c(C3=C(c4ccccc4F)C=CC3)c1C(C)(C)C)=Cc1cc(C(C)(C)C)ccc1-2. The molecule has 0 N–H and O–H groups in total. The van der Waals surface area contributed by atoms with Crippen molar-refractivity contribution in [3.63, 3.8) is 0 Å². The monoisotopic (exact) mass is 476 g/mol. The van der Waals surface area contributed by atoms with Gasteiger partial charge in [0.1, 0.15) is 5.82 Å². The fourth-order valence-electron chi connectivity index (χ4n) is 5.78. The topological polar surface area (TPSA) is 0 Å². The van der Waals surface area contributed by atoms with E-state index in [1.165, 1.54) is 55.0 Å². The molecule has 3 aromatic rings. The Balaban J connectivity index is 1.94. The van der Waals surface area contributed by atoms with Crippen molar-refractivity contribution in [3.8, 4) is 11.1 Å². The van der Waals surface area contributed by atoms with Crippen LogP contribution < -0.4 is 10.4 Å². The van der Waals surface area contributed by atoms with Crippen LogP contribution in [0.2, 0.25) is 0 Å². The van der Waals surface area contributed by atoms with E-state index in [4.69, 9.17) is 0 Å². The number of halogens is 1. The Morgan fingerprint density at radius 2 is 1.53 bits per heavy atom. The van der Waals surface area contributed by atoms with Crippen LogP contribution in [-0.2, 0) is 10.8 Å². The molecule has 0 saturated heterocycles. The quantitative estimate of drug-likeness (QED) is 0.273. The predicted octanol–water partition coefficient (Wildman–Crippen LogP) is 8.29.